The van der Waals surface area contributed by atoms with Crippen LogP contribution in [0.4, 0.5) is 8.78 Å². The van der Waals surface area contributed by atoms with Crippen LogP contribution in [0.2, 0.25) is 0 Å². The number of ether oxygens (including phenoxy) is 3. The van der Waals surface area contributed by atoms with Crippen molar-refractivity contribution in [3.8, 4) is 17.2 Å². The Morgan fingerprint density at radius 1 is 1.22 bits per heavy atom. The Bertz CT molecular complexity index is 543. The monoisotopic (exact) mass is 347 g/mol. The summed E-state index contributed by atoms with van der Waals surface area (Å²) in [6, 6.07) is 3.16. The van der Waals surface area contributed by atoms with E-state index in [0.717, 1.165) is 0 Å². The highest BCUT2D eigenvalue weighted by molar-refractivity contribution is 7.80. The lowest BCUT2D eigenvalue weighted by atomic mass is 10.2. The molecule has 1 aromatic rings. The fourth-order valence-corrected chi connectivity index (χ4v) is 1.93. The van der Waals surface area contributed by atoms with Gasteiger partial charge in [0.05, 0.1) is 20.4 Å². The van der Waals surface area contributed by atoms with Crippen molar-refractivity contribution >= 4 is 23.5 Å². The van der Waals surface area contributed by atoms with Crippen LogP contribution in [0.25, 0.3) is 0 Å². The second kappa shape index (κ2) is 9.09. The molecule has 0 spiro atoms. The number of methoxy groups -OCH3 is 2. The molecule has 0 aliphatic heterocycles. The summed E-state index contributed by atoms with van der Waals surface area (Å²) in [6.45, 7) is 0.892. The minimum atomic E-state index is -2.99. The van der Waals surface area contributed by atoms with Gasteiger partial charge >= 0.3 is 6.61 Å². The molecule has 128 valence electrons. The Kier molecular flexibility index (Phi) is 7.46. The summed E-state index contributed by atoms with van der Waals surface area (Å²) >= 11 is 5.02. The number of alkyl halides is 2. The van der Waals surface area contributed by atoms with Crippen LogP contribution in [-0.4, -0.2) is 38.2 Å². The fraction of sp³-hybridized carbons (Fsp3) is 0.429. The number of benzene rings is 1. The maximum atomic E-state index is 12.5. The number of halogens is 2. The van der Waals surface area contributed by atoms with Crippen LogP contribution in [-0.2, 0) is 0 Å². The molecule has 0 saturated heterocycles. The predicted octanol–water partition coefficient (Wildman–Crippen LogP) is 2.51. The van der Waals surface area contributed by atoms with E-state index in [1.54, 1.807) is 0 Å². The van der Waals surface area contributed by atoms with E-state index in [2.05, 4.69) is 20.6 Å². The first-order chi connectivity index (χ1) is 10.9. The van der Waals surface area contributed by atoms with Crippen molar-refractivity contribution in [2.45, 2.75) is 26.5 Å². The number of rotatable bonds is 7. The molecular weight excluding hydrogens is 328 g/mol. The molecule has 6 nitrogen and oxygen atoms in total. The Hall–Kier alpha value is -2.16. The predicted molar refractivity (Wildman–Crippen MR) is 87.8 cm³/mol. The first-order valence-electron chi connectivity index (χ1n) is 6.67. The van der Waals surface area contributed by atoms with Crippen LogP contribution in [0.3, 0.4) is 0 Å². The van der Waals surface area contributed by atoms with Gasteiger partial charge in [-0.1, -0.05) is 0 Å². The first-order valence-corrected chi connectivity index (χ1v) is 7.08. The third-order valence-electron chi connectivity index (χ3n) is 2.49. The Labute approximate surface area is 138 Å². The first kappa shape index (κ1) is 18.9. The van der Waals surface area contributed by atoms with Crippen LogP contribution >= 0.6 is 12.2 Å². The van der Waals surface area contributed by atoms with Crippen LogP contribution in [0, 0.1) is 0 Å². The normalized spacial score (nSPS) is 11.0. The smallest absolute Gasteiger partial charge is 0.387 e. The number of hydrogen-bond donors (Lipinski definition) is 2. The van der Waals surface area contributed by atoms with Crippen molar-refractivity contribution in [1.29, 1.82) is 0 Å². The second-order valence-corrected chi connectivity index (χ2v) is 5.04. The average Bonchev–Trinajstić information content (AvgIpc) is 2.46. The summed E-state index contributed by atoms with van der Waals surface area (Å²) in [5.41, 5.74) is 3.20. The van der Waals surface area contributed by atoms with Gasteiger partial charge in [-0.05, 0) is 38.2 Å². The number of thiocarbonyl (C=S) groups is 1. The largest absolute Gasteiger partial charge is 0.493 e. The van der Waals surface area contributed by atoms with E-state index < -0.39 is 6.61 Å². The zero-order chi connectivity index (χ0) is 17.4. The van der Waals surface area contributed by atoms with E-state index in [0.29, 0.717) is 10.7 Å². The molecule has 0 aliphatic rings. The van der Waals surface area contributed by atoms with Crippen molar-refractivity contribution in [2.75, 3.05) is 14.2 Å². The lowest BCUT2D eigenvalue weighted by Crippen LogP contribution is -2.36. The van der Waals surface area contributed by atoms with Crippen LogP contribution in [0.5, 0.6) is 17.2 Å². The lowest BCUT2D eigenvalue weighted by molar-refractivity contribution is -0.0526. The molecule has 0 fully saturated rings. The molecule has 9 heteroatoms. The molecule has 0 aromatic heterocycles. The second-order valence-electron chi connectivity index (χ2n) is 4.63. The van der Waals surface area contributed by atoms with E-state index in [9.17, 15) is 8.78 Å². The highest BCUT2D eigenvalue weighted by Crippen LogP contribution is 2.39. The summed E-state index contributed by atoms with van der Waals surface area (Å²) < 4.78 is 39.4. The fourth-order valence-electron chi connectivity index (χ4n) is 1.64. The standard InChI is InChI=1S/C14H19F2N3O3S/c1-8(2)18-14(23)19-17-7-9-5-10(20-3)12(22-13(15)16)11(6-9)21-4/h5-8,13H,1-4H3,(H2,18,19,23)/b17-7-. The third-order valence-corrected chi connectivity index (χ3v) is 2.70. The minimum absolute atomic E-state index is 0.106. The average molecular weight is 347 g/mol. The molecule has 0 unspecified atom stereocenters. The van der Waals surface area contributed by atoms with Gasteiger partial charge in [-0.15, -0.1) is 0 Å². The maximum absolute atomic E-state index is 12.5. The van der Waals surface area contributed by atoms with Crippen LogP contribution < -0.4 is 25.0 Å². The van der Waals surface area contributed by atoms with Crippen LogP contribution in [0.15, 0.2) is 17.2 Å². The lowest BCUT2D eigenvalue weighted by Gasteiger charge is -2.14. The van der Waals surface area contributed by atoms with Gasteiger partial charge in [0.25, 0.3) is 0 Å². The van der Waals surface area contributed by atoms with E-state index in [-0.39, 0.29) is 23.3 Å². The number of hydrogen-bond acceptors (Lipinski definition) is 5. The number of nitrogens with zero attached hydrogens (tertiary/aromatic N) is 1. The van der Waals surface area contributed by atoms with Gasteiger partial charge in [0.2, 0.25) is 5.75 Å². The molecule has 0 heterocycles. The summed E-state index contributed by atoms with van der Waals surface area (Å²) in [6.07, 6.45) is 1.45. The molecule has 0 amide bonds. The molecule has 1 aromatic carbocycles. The molecule has 0 radical (unpaired) electrons. The van der Waals surface area contributed by atoms with Gasteiger partial charge in [-0.3, -0.25) is 5.43 Å². The highest BCUT2D eigenvalue weighted by atomic mass is 32.1. The van der Waals surface area contributed by atoms with Crippen LogP contribution in [0.1, 0.15) is 19.4 Å². The Morgan fingerprint density at radius 3 is 2.22 bits per heavy atom. The zero-order valence-corrected chi connectivity index (χ0v) is 14.0. The van der Waals surface area contributed by atoms with Gasteiger partial charge in [-0.2, -0.15) is 13.9 Å². The van der Waals surface area contributed by atoms with Gasteiger partial charge < -0.3 is 19.5 Å². The number of hydrazone groups is 1. The molecule has 0 aliphatic carbocycles. The zero-order valence-electron chi connectivity index (χ0n) is 13.2. The Balaban J connectivity index is 2.94. The summed E-state index contributed by atoms with van der Waals surface area (Å²) in [5.74, 6) is 0.0371. The molecule has 0 atom stereocenters. The summed E-state index contributed by atoms with van der Waals surface area (Å²) in [4.78, 5) is 0. The number of nitrogens with one attached hydrogen (secondary N) is 2. The molecule has 0 saturated carbocycles. The quantitative estimate of drug-likeness (QED) is 0.449. The molecule has 2 N–H and O–H groups in total. The molecule has 23 heavy (non-hydrogen) atoms. The van der Waals surface area contributed by atoms with E-state index >= 15 is 0 Å². The van der Waals surface area contributed by atoms with Gasteiger partial charge in [0, 0.05) is 11.6 Å². The van der Waals surface area contributed by atoms with Crippen molar-refractivity contribution in [1.82, 2.24) is 10.7 Å². The molecule has 0 bridgehead atoms. The highest BCUT2D eigenvalue weighted by Gasteiger charge is 2.17. The summed E-state index contributed by atoms with van der Waals surface area (Å²) in [5, 5.41) is 7.28. The van der Waals surface area contributed by atoms with Crippen molar-refractivity contribution in [3.05, 3.63) is 17.7 Å². The van der Waals surface area contributed by atoms with E-state index in [1.807, 2.05) is 13.8 Å². The Morgan fingerprint density at radius 2 is 1.78 bits per heavy atom. The van der Waals surface area contributed by atoms with E-state index in [4.69, 9.17) is 21.7 Å². The SMILES string of the molecule is COc1cc(/C=N\NC(=S)NC(C)C)cc(OC)c1OC(F)F. The minimum Gasteiger partial charge on any atom is -0.493 e. The van der Waals surface area contributed by atoms with Crippen molar-refractivity contribution in [3.63, 3.8) is 0 Å². The maximum Gasteiger partial charge on any atom is 0.387 e. The van der Waals surface area contributed by atoms with Gasteiger partial charge in [0.15, 0.2) is 16.6 Å². The summed E-state index contributed by atoms with van der Waals surface area (Å²) in [7, 11) is 2.68. The molecule has 1 rings (SSSR count). The van der Waals surface area contributed by atoms with Gasteiger partial charge in [-0.25, -0.2) is 0 Å². The third kappa shape index (κ3) is 6.23. The topological polar surface area (TPSA) is 64.1 Å². The van der Waals surface area contributed by atoms with Crippen molar-refractivity contribution < 1.29 is 23.0 Å². The van der Waals surface area contributed by atoms with Crippen molar-refractivity contribution in [2.24, 2.45) is 5.10 Å². The molecular formula is C14H19F2N3O3S. The van der Waals surface area contributed by atoms with E-state index in [1.165, 1.54) is 32.6 Å². The van der Waals surface area contributed by atoms with Gasteiger partial charge in [0.1, 0.15) is 0 Å².